The molecule has 0 aliphatic heterocycles. The molecule has 117 valence electrons. The molecule has 0 aromatic rings. The summed E-state index contributed by atoms with van der Waals surface area (Å²) in [4.78, 5) is 0. The van der Waals surface area contributed by atoms with E-state index in [2.05, 4.69) is 38.2 Å². The van der Waals surface area contributed by atoms with E-state index in [0.717, 1.165) is 12.8 Å². The lowest BCUT2D eigenvalue weighted by Crippen LogP contribution is -1.79. The molecule has 0 aliphatic rings. The van der Waals surface area contributed by atoms with Gasteiger partial charge in [-0.05, 0) is 32.1 Å². The van der Waals surface area contributed by atoms with Crippen LogP contribution in [-0.4, -0.2) is 0 Å². The molecule has 0 nitrogen and oxygen atoms in total. The molecule has 0 heteroatoms. The first-order valence-electron chi connectivity index (χ1n) is 9.01. The zero-order valence-corrected chi connectivity index (χ0v) is 13.9. The molecule has 20 heavy (non-hydrogen) atoms. The van der Waals surface area contributed by atoms with Gasteiger partial charge in [-0.1, -0.05) is 95.9 Å². The van der Waals surface area contributed by atoms with Gasteiger partial charge in [0, 0.05) is 0 Å². The molecule has 0 amide bonds. The van der Waals surface area contributed by atoms with Crippen molar-refractivity contribution in [3.63, 3.8) is 0 Å². The monoisotopic (exact) mass is 277 g/mol. The SMILES string of the molecule is [CH2]CCCCCCCCC/C=C\CC=CCCCCC. The minimum Gasteiger partial charge on any atom is -0.0882 e. The Labute approximate surface area is 128 Å². The molecule has 0 N–H and O–H groups in total. The standard InChI is InChI=1S/C20H37/c1-3-5-7-9-11-13-15-17-19-20-18-16-14-12-10-8-6-4-2/h12,14,18,20H,1,3-11,13,15-17,19H2,2H3/b14-12?,20-18-. The van der Waals surface area contributed by atoms with Crippen LogP contribution in [0.2, 0.25) is 0 Å². The van der Waals surface area contributed by atoms with E-state index in [9.17, 15) is 0 Å². The van der Waals surface area contributed by atoms with Crippen molar-refractivity contribution in [3.05, 3.63) is 31.2 Å². The number of rotatable bonds is 15. The van der Waals surface area contributed by atoms with E-state index >= 15 is 0 Å². The molecule has 0 atom stereocenters. The van der Waals surface area contributed by atoms with Crippen LogP contribution in [-0.2, 0) is 0 Å². The van der Waals surface area contributed by atoms with Crippen molar-refractivity contribution >= 4 is 0 Å². The topological polar surface area (TPSA) is 0 Å². The summed E-state index contributed by atoms with van der Waals surface area (Å²) in [7, 11) is 0. The molecule has 0 aromatic carbocycles. The second-order valence-corrected chi connectivity index (χ2v) is 5.79. The van der Waals surface area contributed by atoms with E-state index in [0.29, 0.717) is 0 Å². The zero-order chi connectivity index (χ0) is 14.7. The second-order valence-electron chi connectivity index (χ2n) is 5.79. The van der Waals surface area contributed by atoms with E-state index in [1.165, 1.54) is 77.0 Å². The van der Waals surface area contributed by atoms with Crippen LogP contribution in [0.3, 0.4) is 0 Å². The lowest BCUT2D eigenvalue weighted by molar-refractivity contribution is 0.583. The summed E-state index contributed by atoms with van der Waals surface area (Å²) in [5.74, 6) is 0. The fourth-order valence-corrected chi connectivity index (χ4v) is 2.34. The average Bonchev–Trinajstić information content (AvgIpc) is 2.47. The van der Waals surface area contributed by atoms with Crippen LogP contribution in [0.25, 0.3) is 0 Å². The molecule has 0 saturated carbocycles. The Balaban J connectivity index is 3.12. The highest BCUT2D eigenvalue weighted by Crippen LogP contribution is 2.09. The first-order valence-corrected chi connectivity index (χ1v) is 9.01. The van der Waals surface area contributed by atoms with Gasteiger partial charge in [-0.2, -0.15) is 0 Å². The summed E-state index contributed by atoms with van der Waals surface area (Å²) in [6.45, 7) is 6.14. The maximum atomic E-state index is 3.88. The van der Waals surface area contributed by atoms with E-state index in [1.807, 2.05) is 0 Å². The van der Waals surface area contributed by atoms with E-state index < -0.39 is 0 Å². The molecule has 0 spiro atoms. The van der Waals surface area contributed by atoms with Crippen molar-refractivity contribution in [2.45, 2.75) is 96.8 Å². The summed E-state index contributed by atoms with van der Waals surface area (Å²) >= 11 is 0. The van der Waals surface area contributed by atoms with Crippen LogP contribution in [0.4, 0.5) is 0 Å². The number of allylic oxidation sites excluding steroid dienone is 4. The van der Waals surface area contributed by atoms with Crippen molar-refractivity contribution in [1.29, 1.82) is 0 Å². The lowest BCUT2D eigenvalue weighted by Gasteiger charge is -1.99. The Morgan fingerprint density at radius 1 is 0.600 bits per heavy atom. The van der Waals surface area contributed by atoms with Gasteiger partial charge in [0.15, 0.2) is 0 Å². The van der Waals surface area contributed by atoms with Gasteiger partial charge in [0.1, 0.15) is 0 Å². The highest BCUT2D eigenvalue weighted by Gasteiger charge is 1.90. The third kappa shape index (κ3) is 17.5. The van der Waals surface area contributed by atoms with Gasteiger partial charge in [0.05, 0.1) is 0 Å². The van der Waals surface area contributed by atoms with Crippen molar-refractivity contribution in [2.75, 3.05) is 0 Å². The average molecular weight is 278 g/mol. The van der Waals surface area contributed by atoms with Gasteiger partial charge in [0.2, 0.25) is 0 Å². The smallest absolute Gasteiger partial charge is 0.0169 e. The Morgan fingerprint density at radius 2 is 1.10 bits per heavy atom. The van der Waals surface area contributed by atoms with Crippen molar-refractivity contribution < 1.29 is 0 Å². The maximum absolute atomic E-state index is 3.88. The van der Waals surface area contributed by atoms with Crippen LogP contribution in [0.1, 0.15) is 96.8 Å². The van der Waals surface area contributed by atoms with Gasteiger partial charge >= 0.3 is 0 Å². The molecule has 0 aliphatic carbocycles. The minimum absolute atomic E-state index is 1.11. The van der Waals surface area contributed by atoms with Crippen molar-refractivity contribution in [1.82, 2.24) is 0 Å². The Bertz CT molecular complexity index is 212. The van der Waals surface area contributed by atoms with Crippen LogP contribution in [0, 0.1) is 6.92 Å². The zero-order valence-electron chi connectivity index (χ0n) is 13.9. The highest BCUT2D eigenvalue weighted by atomic mass is 14.0. The third-order valence-corrected chi connectivity index (χ3v) is 3.70. The summed E-state index contributed by atoms with van der Waals surface area (Å²) < 4.78 is 0. The summed E-state index contributed by atoms with van der Waals surface area (Å²) in [5, 5.41) is 0. The number of unbranched alkanes of at least 4 members (excludes halogenated alkanes) is 11. The molecule has 0 fully saturated rings. The first kappa shape index (κ1) is 19.5. The predicted octanol–water partition coefficient (Wildman–Crippen LogP) is 7.41. The molecule has 0 rings (SSSR count). The quantitative estimate of drug-likeness (QED) is 0.216. The fourth-order valence-electron chi connectivity index (χ4n) is 2.34. The largest absolute Gasteiger partial charge is 0.0882 e. The van der Waals surface area contributed by atoms with E-state index in [4.69, 9.17) is 0 Å². The van der Waals surface area contributed by atoms with Crippen LogP contribution in [0.5, 0.6) is 0 Å². The predicted molar refractivity (Wildman–Crippen MR) is 93.9 cm³/mol. The second kappa shape index (κ2) is 18.5. The van der Waals surface area contributed by atoms with Gasteiger partial charge in [0.25, 0.3) is 0 Å². The molecule has 0 aromatic heterocycles. The summed E-state index contributed by atoms with van der Waals surface area (Å²) in [5.41, 5.74) is 0. The molecule has 0 bridgehead atoms. The van der Waals surface area contributed by atoms with Gasteiger partial charge < -0.3 is 0 Å². The summed E-state index contributed by atoms with van der Waals surface area (Å²) in [6, 6.07) is 0. The number of hydrogen-bond acceptors (Lipinski definition) is 0. The van der Waals surface area contributed by atoms with Gasteiger partial charge in [-0.25, -0.2) is 0 Å². The fraction of sp³-hybridized carbons (Fsp3) is 0.750. The molecule has 0 saturated heterocycles. The van der Waals surface area contributed by atoms with Crippen molar-refractivity contribution in [3.8, 4) is 0 Å². The van der Waals surface area contributed by atoms with Crippen LogP contribution in [0.15, 0.2) is 24.3 Å². The first-order chi connectivity index (χ1) is 9.91. The third-order valence-electron chi connectivity index (χ3n) is 3.70. The normalized spacial score (nSPS) is 11.9. The Kier molecular flexibility index (Phi) is 18.0. The molecular weight excluding hydrogens is 240 g/mol. The molecular formula is C20H37. The molecule has 1 radical (unpaired) electrons. The summed E-state index contributed by atoms with van der Waals surface area (Å²) in [6.07, 6.45) is 27.9. The lowest BCUT2D eigenvalue weighted by atomic mass is 10.1. The van der Waals surface area contributed by atoms with E-state index in [-0.39, 0.29) is 0 Å². The maximum Gasteiger partial charge on any atom is -0.0169 e. The van der Waals surface area contributed by atoms with Gasteiger partial charge in [-0.3, -0.25) is 0 Å². The Morgan fingerprint density at radius 3 is 1.65 bits per heavy atom. The van der Waals surface area contributed by atoms with Gasteiger partial charge in [-0.15, -0.1) is 0 Å². The van der Waals surface area contributed by atoms with E-state index in [1.54, 1.807) is 0 Å². The minimum atomic E-state index is 1.11. The Hall–Kier alpha value is -0.520. The van der Waals surface area contributed by atoms with Crippen LogP contribution < -0.4 is 0 Å². The number of hydrogen-bond donors (Lipinski definition) is 0. The van der Waals surface area contributed by atoms with Crippen LogP contribution >= 0.6 is 0 Å². The molecule has 0 unspecified atom stereocenters. The highest BCUT2D eigenvalue weighted by molar-refractivity contribution is 4.92. The molecule has 0 heterocycles. The van der Waals surface area contributed by atoms with Crippen molar-refractivity contribution in [2.24, 2.45) is 0 Å².